The first-order chi connectivity index (χ1) is 9.24. The average molecular weight is 249 g/mol. The number of aromatic carboxylic acids is 1. The first-order valence-corrected chi connectivity index (χ1v) is 6.37. The molecule has 3 aromatic rings. The second-order valence-corrected chi connectivity index (χ2v) is 4.59. The van der Waals surface area contributed by atoms with E-state index in [1.807, 2.05) is 55.5 Å². The Balaban J connectivity index is 2.65. The van der Waals surface area contributed by atoms with Crippen LogP contribution in [-0.2, 0) is 6.42 Å². The maximum absolute atomic E-state index is 11.5. The number of hydrogen-bond donors (Lipinski definition) is 0. The molecule has 3 rings (SSSR count). The molecule has 0 saturated heterocycles. The molecule has 0 aliphatic rings. The highest BCUT2D eigenvalue weighted by Gasteiger charge is 2.12. The third-order valence-electron chi connectivity index (χ3n) is 3.60. The smallest absolute Gasteiger partial charge is 0.0724 e. The molecule has 0 fully saturated rings. The molecular weight excluding hydrogens is 236 g/mol. The largest absolute Gasteiger partial charge is 0.545 e. The molecule has 0 bridgehead atoms. The molecule has 2 heteroatoms. The van der Waals surface area contributed by atoms with Crippen LogP contribution in [0.4, 0.5) is 0 Å². The van der Waals surface area contributed by atoms with Crippen LogP contribution in [0.2, 0.25) is 0 Å². The molecule has 0 aliphatic heterocycles. The van der Waals surface area contributed by atoms with Gasteiger partial charge in [-0.2, -0.15) is 0 Å². The van der Waals surface area contributed by atoms with Gasteiger partial charge in [-0.25, -0.2) is 0 Å². The zero-order valence-electron chi connectivity index (χ0n) is 10.6. The molecule has 0 atom stereocenters. The minimum absolute atomic E-state index is 0.330. The lowest BCUT2D eigenvalue weighted by Gasteiger charge is -2.17. The Morgan fingerprint density at radius 1 is 0.895 bits per heavy atom. The molecule has 0 N–H and O–H groups in total. The second-order valence-electron chi connectivity index (χ2n) is 4.59. The SMILES string of the molecule is CCc1c(C(=O)[O-])c2ccccc2c2ccccc12. The Hall–Kier alpha value is -2.35. The summed E-state index contributed by atoms with van der Waals surface area (Å²) in [7, 11) is 0. The molecule has 0 radical (unpaired) electrons. The van der Waals surface area contributed by atoms with E-state index in [9.17, 15) is 9.90 Å². The normalized spacial score (nSPS) is 11.0. The summed E-state index contributed by atoms with van der Waals surface area (Å²) >= 11 is 0. The average Bonchev–Trinajstić information content (AvgIpc) is 2.45. The highest BCUT2D eigenvalue weighted by atomic mass is 16.4. The van der Waals surface area contributed by atoms with Gasteiger partial charge in [0.1, 0.15) is 0 Å². The lowest BCUT2D eigenvalue weighted by Crippen LogP contribution is -2.24. The number of aryl methyl sites for hydroxylation is 1. The number of rotatable bonds is 2. The van der Waals surface area contributed by atoms with Crippen molar-refractivity contribution >= 4 is 27.5 Å². The van der Waals surface area contributed by atoms with E-state index in [4.69, 9.17) is 0 Å². The van der Waals surface area contributed by atoms with E-state index in [0.717, 1.165) is 27.1 Å². The Morgan fingerprint density at radius 2 is 1.37 bits per heavy atom. The molecule has 0 aliphatic carbocycles. The number of carbonyl (C=O) groups is 1. The first kappa shape index (κ1) is 11.7. The van der Waals surface area contributed by atoms with Gasteiger partial charge in [0.05, 0.1) is 5.97 Å². The predicted molar refractivity (Wildman–Crippen MR) is 75.2 cm³/mol. The Kier molecular flexibility index (Phi) is 2.71. The van der Waals surface area contributed by atoms with Crippen LogP contribution in [0.1, 0.15) is 22.8 Å². The number of carbonyl (C=O) groups excluding carboxylic acids is 1. The molecular formula is C17H13O2-. The van der Waals surface area contributed by atoms with Crippen LogP contribution in [-0.4, -0.2) is 5.97 Å². The van der Waals surface area contributed by atoms with Gasteiger partial charge in [-0.05, 0) is 33.5 Å². The van der Waals surface area contributed by atoms with Crippen molar-refractivity contribution in [2.24, 2.45) is 0 Å². The van der Waals surface area contributed by atoms with Crippen molar-refractivity contribution in [1.82, 2.24) is 0 Å². The topological polar surface area (TPSA) is 40.1 Å². The van der Waals surface area contributed by atoms with E-state index in [-0.39, 0.29) is 0 Å². The van der Waals surface area contributed by atoms with Crippen LogP contribution >= 0.6 is 0 Å². The third-order valence-corrected chi connectivity index (χ3v) is 3.60. The zero-order chi connectivity index (χ0) is 13.4. The number of benzene rings is 3. The maximum atomic E-state index is 11.5. The van der Waals surface area contributed by atoms with Gasteiger partial charge in [-0.1, -0.05) is 55.5 Å². The summed E-state index contributed by atoms with van der Waals surface area (Å²) in [6, 6.07) is 15.5. The molecule has 0 spiro atoms. The van der Waals surface area contributed by atoms with Crippen LogP contribution in [0.15, 0.2) is 48.5 Å². The summed E-state index contributed by atoms with van der Waals surface area (Å²) in [5.41, 5.74) is 1.19. The summed E-state index contributed by atoms with van der Waals surface area (Å²) < 4.78 is 0. The molecule has 0 aromatic heterocycles. The van der Waals surface area contributed by atoms with Crippen molar-refractivity contribution in [2.45, 2.75) is 13.3 Å². The van der Waals surface area contributed by atoms with Gasteiger partial charge in [0.15, 0.2) is 0 Å². The maximum Gasteiger partial charge on any atom is 0.0724 e. The Morgan fingerprint density at radius 3 is 1.89 bits per heavy atom. The number of fused-ring (bicyclic) bond motifs is 3. The van der Waals surface area contributed by atoms with Crippen molar-refractivity contribution < 1.29 is 9.90 Å². The number of carboxylic acids is 1. The lowest BCUT2D eigenvalue weighted by atomic mass is 9.90. The van der Waals surface area contributed by atoms with Crippen molar-refractivity contribution in [3.8, 4) is 0 Å². The van der Waals surface area contributed by atoms with Gasteiger partial charge in [0.2, 0.25) is 0 Å². The van der Waals surface area contributed by atoms with Crippen molar-refractivity contribution in [3.05, 3.63) is 59.7 Å². The number of carboxylic acid groups (broad SMARTS) is 1. The van der Waals surface area contributed by atoms with Gasteiger partial charge in [-0.3, -0.25) is 0 Å². The van der Waals surface area contributed by atoms with E-state index in [2.05, 4.69) is 0 Å². The first-order valence-electron chi connectivity index (χ1n) is 6.37. The van der Waals surface area contributed by atoms with Crippen LogP contribution in [0.5, 0.6) is 0 Å². The van der Waals surface area contributed by atoms with E-state index in [1.165, 1.54) is 0 Å². The van der Waals surface area contributed by atoms with Gasteiger partial charge >= 0.3 is 0 Å². The van der Waals surface area contributed by atoms with Gasteiger partial charge < -0.3 is 9.90 Å². The van der Waals surface area contributed by atoms with Crippen molar-refractivity contribution in [3.63, 3.8) is 0 Å². The third kappa shape index (κ3) is 1.68. The molecule has 2 nitrogen and oxygen atoms in total. The van der Waals surface area contributed by atoms with Crippen LogP contribution in [0.3, 0.4) is 0 Å². The monoisotopic (exact) mass is 249 g/mol. The van der Waals surface area contributed by atoms with Crippen LogP contribution in [0, 0.1) is 0 Å². The van der Waals surface area contributed by atoms with Gasteiger partial charge in [0, 0.05) is 5.56 Å². The highest BCUT2D eigenvalue weighted by Crippen LogP contribution is 2.32. The van der Waals surface area contributed by atoms with Crippen molar-refractivity contribution in [1.29, 1.82) is 0 Å². The molecule has 94 valence electrons. The molecule has 0 saturated carbocycles. The fourth-order valence-electron chi connectivity index (χ4n) is 2.81. The Labute approximate surface area is 111 Å². The quantitative estimate of drug-likeness (QED) is 0.655. The molecule has 19 heavy (non-hydrogen) atoms. The molecule has 0 amide bonds. The fourth-order valence-corrected chi connectivity index (χ4v) is 2.81. The van der Waals surface area contributed by atoms with Gasteiger partial charge in [-0.15, -0.1) is 0 Å². The predicted octanol–water partition coefficient (Wildman–Crippen LogP) is 2.92. The van der Waals surface area contributed by atoms with Crippen molar-refractivity contribution in [2.75, 3.05) is 0 Å². The summed E-state index contributed by atoms with van der Waals surface area (Å²) in [4.78, 5) is 11.5. The van der Waals surface area contributed by atoms with Crippen LogP contribution < -0.4 is 5.11 Å². The van der Waals surface area contributed by atoms with Crippen LogP contribution in [0.25, 0.3) is 21.5 Å². The minimum atomic E-state index is -1.10. The van der Waals surface area contributed by atoms with E-state index < -0.39 is 5.97 Å². The minimum Gasteiger partial charge on any atom is -0.545 e. The molecule has 0 heterocycles. The van der Waals surface area contributed by atoms with E-state index in [1.54, 1.807) is 0 Å². The number of hydrogen-bond acceptors (Lipinski definition) is 2. The van der Waals surface area contributed by atoms with E-state index in [0.29, 0.717) is 12.0 Å². The summed E-state index contributed by atoms with van der Waals surface area (Å²) in [6.07, 6.45) is 0.675. The summed E-state index contributed by atoms with van der Waals surface area (Å²) in [6.45, 7) is 1.98. The molecule has 3 aromatic carbocycles. The Bertz CT molecular complexity index is 788. The van der Waals surface area contributed by atoms with Gasteiger partial charge in [0.25, 0.3) is 0 Å². The summed E-state index contributed by atoms with van der Waals surface area (Å²) in [5.74, 6) is -1.10. The van der Waals surface area contributed by atoms with E-state index >= 15 is 0 Å². The standard InChI is InChI=1S/C17H14O2/c1-2-11-12-7-3-4-8-13(12)14-9-5-6-10-15(14)16(11)17(18)19/h3-10H,2H2,1H3,(H,18,19)/p-1. The molecule has 0 unspecified atom stereocenters. The second kappa shape index (κ2) is 4.39. The summed E-state index contributed by atoms with van der Waals surface area (Å²) in [5, 5.41) is 15.4. The fraction of sp³-hybridized carbons (Fsp3) is 0.118. The lowest BCUT2D eigenvalue weighted by molar-refractivity contribution is -0.254. The highest BCUT2D eigenvalue weighted by molar-refractivity contribution is 6.17. The zero-order valence-corrected chi connectivity index (χ0v) is 10.6.